The molecule has 21 heavy (non-hydrogen) atoms. The van der Waals surface area contributed by atoms with Crippen molar-refractivity contribution in [3.05, 3.63) is 46.7 Å². The van der Waals surface area contributed by atoms with Crippen LogP contribution in [0.3, 0.4) is 0 Å². The van der Waals surface area contributed by atoms with Gasteiger partial charge in [-0.25, -0.2) is 4.68 Å². The maximum Gasteiger partial charge on any atom is 0.191 e. The zero-order chi connectivity index (χ0) is 13.8. The van der Waals surface area contributed by atoms with Crippen molar-refractivity contribution in [1.82, 2.24) is 20.4 Å². The molecule has 1 aromatic carbocycles. The molecule has 112 valence electrons. The Morgan fingerprint density at radius 3 is 2.81 bits per heavy atom. The minimum absolute atomic E-state index is 0. The number of hydrogen-bond acceptors (Lipinski definition) is 4. The van der Waals surface area contributed by atoms with Crippen LogP contribution >= 0.6 is 39.9 Å². The first-order valence-corrected chi connectivity index (χ1v) is 7.42. The number of nitrogens with zero attached hydrogens (tertiary/aromatic N) is 3. The SMILES string of the molecule is Brc1ccc(-n2cc(CNC3=NCCCN3)cn2)cc1.I. The molecule has 7 heteroatoms. The predicted octanol–water partition coefficient (Wildman–Crippen LogP) is 2.69. The summed E-state index contributed by atoms with van der Waals surface area (Å²) in [7, 11) is 0. The molecule has 1 aromatic heterocycles. The number of rotatable bonds is 3. The summed E-state index contributed by atoms with van der Waals surface area (Å²) in [6.07, 6.45) is 5.00. The fourth-order valence-corrected chi connectivity index (χ4v) is 2.29. The Morgan fingerprint density at radius 2 is 2.10 bits per heavy atom. The molecule has 0 saturated carbocycles. The largest absolute Gasteiger partial charge is 0.356 e. The fourth-order valence-electron chi connectivity index (χ4n) is 2.02. The van der Waals surface area contributed by atoms with Crippen LogP contribution < -0.4 is 10.6 Å². The van der Waals surface area contributed by atoms with Gasteiger partial charge in [-0.15, -0.1) is 24.0 Å². The van der Waals surface area contributed by atoms with Crippen molar-refractivity contribution < 1.29 is 0 Å². The molecule has 0 aliphatic carbocycles. The molecule has 1 aliphatic heterocycles. The molecule has 0 saturated heterocycles. The van der Waals surface area contributed by atoms with Gasteiger partial charge in [0.15, 0.2) is 5.96 Å². The first-order valence-electron chi connectivity index (χ1n) is 6.63. The Hall–Kier alpha value is -1.09. The second kappa shape index (κ2) is 7.79. The Balaban J connectivity index is 0.00000161. The third-order valence-corrected chi connectivity index (χ3v) is 3.61. The summed E-state index contributed by atoms with van der Waals surface area (Å²) in [5.74, 6) is 0.882. The van der Waals surface area contributed by atoms with Crippen LogP contribution in [0.15, 0.2) is 46.1 Å². The van der Waals surface area contributed by atoms with E-state index in [1.165, 1.54) is 0 Å². The predicted molar refractivity (Wildman–Crippen MR) is 98.4 cm³/mol. The molecule has 3 rings (SSSR count). The number of nitrogens with one attached hydrogen (secondary N) is 2. The molecule has 0 atom stereocenters. The highest BCUT2D eigenvalue weighted by Crippen LogP contribution is 2.13. The lowest BCUT2D eigenvalue weighted by Gasteiger charge is -2.15. The summed E-state index contributed by atoms with van der Waals surface area (Å²) in [6, 6.07) is 8.08. The molecule has 5 nitrogen and oxygen atoms in total. The van der Waals surface area contributed by atoms with Gasteiger partial charge < -0.3 is 10.6 Å². The highest BCUT2D eigenvalue weighted by atomic mass is 127. The lowest BCUT2D eigenvalue weighted by Crippen LogP contribution is -2.40. The molecule has 0 bridgehead atoms. The van der Waals surface area contributed by atoms with Crippen LogP contribution in [0.2, 0.25) is 0 Å². The van der Waals surface area contributed by atoms with Gasteiger partial charge in [-0.2, -0.15) is 5.10 Å². The van der Waals surface area contributed by atoms with E-state index in [9.17, 15) is 0 Å². The van der Waals surface area contributed by atoms with Crippen molar-refractivity contribution in [2.75, 3.05) is 13.1 Å². The van der Waals surface area contributed by atoms with Crippen LogP contribution in [0.1, 0.15) is 12.0 Å². The van der Waals surface area contributed by atoms with Crippen molar-refractivity contribution >= 4 is 45.9 Å². The molecule has 2 N–H and O–H groups in total. The van der Waals surface area contributed by atoms with E-state index >= 15 is 0 Å². The van der Waals surface area contributed by atoms with Crippen molar-refractivity contribution in [2.45, 2.75) is 13.0 Å². The zero-order valence-corrected chi connectivity index (χ0v) is 15.3. The molecular formula is C14H17BrIN5. The highest BCUT2D eigenvalue weighted by molar-refractivity contribution is 14.0. The Morgan fingerprint density at radius 1 is 1.29 bits per heavy atom. The Kier molecular flexibility index (Phi) is 6.04. The fraction of sp³-hybridized carbons (Fsp3) is 0.286. The monoisotopic (exact) mass is 461 g/mol. The molecule has 0 spiro atoms. The van der Waals surface area contributed by atoms with E-state index < -0.39 is 0 Å². The molecule has 0 radical (unpaired) electrons. The van der Waals surface area contributed by atoms with E-state index in [2.05, 4.69) is 36.7 Å². The van der Waals surface area contributed by atoms with Gasteiger partial charge in [0.05, 0.1) is 11.9 Å². The average Bonchev–Trinajstić information content (AvgIpc) is 2.96. The number of hydrogen-bond donors (Lipinski definition) is 2. The summed E-state index contributed by atoms with van der Waals surface area (Å²) >= 11 is 3.43. The average molecular weight is 462 g/mol. The standard InChI is InChI=1S/C14H16BrN5.HI/c15-12-2-4-13(5-3-12)20-10-11(9-19-20)8-18-14-16-6-1-7-17-14;/h2-5,9-10H,1,6-8H2,(H2,16,17,18);1H. The van der Waals surface area contributed by atoms with Crippen LogP contribution in [0.25, 0.3) is 5.69 Å². The maximum atomic E-state index is 4.38. The van der Waals surface area contributed by atoms with Crippen molar-refractivity contribution in [3.63, 3.8) is 0 Å². The Labute approximate surface area is 149 Å². The highest BCUT2D eigenvalue weighted by Gasteiger charge is 2.05. The summed E-state index contributed by atoms with van der Waals surface area (Å²) in [5.41, 5.74) is 2.18. The van der Waals surface area contributed by atoms with Crippen LogP contribution in [0.5, 0.6) is 0 Å². The molecule has 1 aliphatic rings. The van der Waals surface area contributed by atoms with E-state index in [1.54, 1.807) is 0 Å². The molecule has 2 heterocycles. The minimum atomic E-state index is 0. The zero-order valence-electron chi connectivity index (χ0n) is 11.4. The first kappa shape index (κ1) is 16.3. The van der Waals surface area contributed by atoms with Gasteiger partial charge in [-0.1, -0.05) is 15.9 Å². The molecule has 0 fully saturated rings. The normalized spacial score (nSPS) is 13.9. The number of aromatic nitrogens is 2. The third kappa shape index (κ3) is 4.44. The maximum absolute atomic E-state index is 4.38. The van der Waals surface area contributed by atoms with Gasteiger partial charge in [-0.05, 0) is 30.7 Å². The first-order chi connectivity index (χ1) is 9.81. The van der Waals surface area contributed by atoms with Crippen LogP contribution in [-0.2, 0) is 6.54 Å². The van der Waals surface area contributed by atoms with E-state index in [1.807, 2.05) is 41.3 Å². The van der Waals surface area contributed by atoms with Gasteiger partial charge >= 0.3 is 0 Å². The van der Waals surface area contributed by atoms with E-state index in [4.69, 9.17) is 0 Å². The topological polar surface area (TPSA) is 54.2 Å². The summed E-state index contributed by atoms with van der Waals surface area (Å²) in [4.78, 5) is 4.38. The van der Waals surface area contributed by atoms with Gasteiger partial charge in [0.1, 0.15) is 0 Å². The van der Waals surface area contributed by atoms with E-state index in [-0.39, 0.29) is 24.0 Å². The number of aliphatic imine (C=N–C) groups is 1. The summed E-state index contributed by atoms with van der Waals surface area (Å²) < 4.78 is 2.94. The van der Waals surface area contributed by atoms with Crippen molar-refractivity contribution in [1.29, 1.82) is 0 Å². The third-order valence-electron chi connectivity index (χ3n) is 3.08. The van der Waals surface area contributed by atoms with Gasteiger partial charge in [0, 0.05) is 35.9 Å². The van der Waals surface area contributed by atoms with Gasteiger partial charge in [-0.3, -0.25) is 4.99 Å². The van der Waals surface area contributed by atoms with E-state index in [0.717, 1.165) is 47.7 Å². The quantitative estimate of drug-likeness (QED) is 0.691. The summed E-state index contributed by atoms with van der Waals surface area (Å²) in [6.45, 7) is 2.61. The van der Waals surface area contributed by atoms with Crippen LogP contribution in [0, 0.1) is 0 Å². The lowest BCUT2D eigenvalue weighted by molar-refractivity contribution is 0.702. The Bertz CT molecular complexity index is 608. The molecular weight excluding hydrogens is 445 g/mol. The van der Waals surface area contributed by atoms with Crippen LogP contribution in [0.4, 0.5) is 0 Å². The summed E-state index contributed by atoms with van der Waals surface area (Å²) in [5, 5.41) is 10.9. The molecule has 0 amide bonds. The van der Waals surface area contributed by atoms with Gasteiger partial charge in [0.25, 0.3) is 0 Å². The number of benzene rings is 1. The molecule has 0 unspecified atom stereocenters. The van der Waals surface area contributed by atoms with Crippen LogP contribution in [-0.4, -0.2) is 28.8 Å². The second-order valence-electron chi connectivity index (χ2n) is 4.63. The van der Waals surface area contributed by atoms with Crippen molar-refractivity contribution in [3.8, 4) is 5.69 Å². The molecule has 2 aromatic rings. The van der Waals surface area contributed by atoms with Gasteiger partial charge in [0.2, 0.25) is 0 Å². The van der Waals surface area contributed by atoms with E-state index in [0.29, 0.717) is 0 Å². The number of halogens is 2. The minimum Gasteiger partial charge on any atom is -0.356 e. The number of guanidine groups is 1. The smallest absolute Gasteiger partial charge is 0.191 e. The van der Waals surface area contributed by atoms with Crippen molar-refractivity contribution in [2.24, 2.45) is 4.99 Å². The lowest BCUT2D eigenvalue weighted by atomic mass is 10.3. The second-order valence-corrected chi connectivity index (χ2v) is 5.55.